The molecule has 0 amide bonds. The maximum Gasteiger partial charge on any atom is 0.153 e. The second-order valence-electron chi connectivity index (χ2n) is 5.49. The van der Waals surface area contributed by atoms with E-state index in [0.29, 0.717) is 35.3 Å². The fourth-order valence-electron chi connectivity index (χ4n) is 2.35. The van der Waals surface area contributed by atoms with Gasteiger partial charge in [-0.05, 0) is 17.2 Å². The monoisotopic (exact) mass is 352 g/mol. The first kappa shape index (κ1) is 17.1. The molecule has 0 N–H and O–H groups in total. The lowest BCUT2D eigenvalue weighted by atomic mass is 10.2. The van der Waals surface area contributed by atoms with Gasteiger partial charge in [0.15, 0.2) is 6.29 Å². The van der Waals surface area contributed by atoms with Crippen LogP contribution in [0, 0.1) is 0 Å². The highest BCUT2D eigenvalue weighted by Gasteiger charge is 2.11. The third-order valence-corrected chi connectivity index (χ3v) is 3.96. The maximum absolute atomic E-state index is 11.3. The molecule has 126 valence electrons. The summed E-state index contributed by atoms with van der Waals surface area (Å²) in [6.07, 6.45) is 0.729. The average Bonchev–Trinajstić information content (AvgIpc) is 2.67. The van der Waals surface area contributed by atoms with Crippen molar-refractivity contribution >= 4 is 17.9 Å². The van der Waals surface area contributed by atoms with Gasteiger partial charge >= 0.3 is 0 Å². The van der Waals surface area contributed by atoms with Gasteiger partial charge in [0.05, 0.1) is 10.6 Å². The van der Waals surface area contributed by atoms with Crippen molar-refractivity contribution in [3.05, 3.63) is 94.5 Å². The zero-order chi connectivity index (χ0) is 17.5. The van der Waals surface area contributed by atoms with Crippen LogP contribution >= 0.6 is 11.6 Å². The summed E-state index contributed by atoms with van der Waals surface area (Å²) in [7, 11) is 0. The minimum Gasteiger partial charge on any atom is -0.488 e. The Morgan fingerprint density at radius 3 is 1.80 bits per heavy atom. The lowest BCUT2D eigenvalue weighted by Crippen LogP contribution is -2.01. The minimum atomic E-state index is 0.363. The predicted octanol–water partition coefficient (Wildman–Crippen LogP) is 5.31. The van der Waals surface area contributed by atoms with Gasteiger partial charge in [-0.25, -0.2) is 0 Å². The molecule has 25 heavy (non-hydrogen) atoms. The highest BCUT2D eigenvalue weighted by Crippen LogP contribution is 2.33. The summed E-state index contributed by atoms with van der Waals surface area (Å²) < 4.78 is 11.6. The summed E-state index contributed by atoms with van der Waals surface area (Å²) in [4.78, 5) is 11.3. The molecule has 0 aromatic heterocycles. The molecule has 0 aliphatic heterocycles. The van der Waals surface area contributed by atoms with Crippen molar-refractivity contribution in [3.8, 4) is 11.5 Å². The first-order valence-corrected chi connectivity index (χ1v) is 8.26. The molecule has 0 saturated heterocycles. The summed E-state index contributed by atoms with van der Waals surface area (Å²) in [5.74, 6) is 0.936. The van der Waals surface area contributed by atoms with Crippen LogP contribution in [0.3, 0.4) is 0 Å². The SMILES string of the molecule is O=Cc1cc(Cl)c(OCc2ccccc2)cc1OCc1ccccc1. The van der Waals surface area contributed by atoms with Crippen molar-refractivity contribution in [1.29, 1.82) is 0 Å². The summed E-state index contributed by atoms with van der Waals surface area (Å²) >= 11 is 6.22. The molecule has 0 radical (unpaired) electrons. The van der Waals surface area contributed by atoms with Gasteiger partial charge in [-0.15, -0.1) is 0 Å². The Labute approximate surface area is 151 Å². The van der Waals surface area contributed by atoms with Crippen molar-refractivity contribution in [2.75, 3.05) is 0 Å². The topological polar surface area (TPSA) is 35.5 Å². The summed E-state index contributed by atoms with van der Waals surface area (Å²) in [6.45, 7) is 0.751. The van der Waals surface area contributed by atoms with Crippen LogP contribution in [0.5, 0.6) is 11.5 Å². The van der Waals surface area contributed by atoms with Crippen LogP contribution in [0.1, 0.15) is 21.5 Å². The number of rotatable bonds is 7. The molecule has 3 aromatic rings. The highest BCUT2D eigenvalue weighted by atomic mass is 35.5. The van der Waals surface area contributed by atoms with Gasteiger partial charge in [0.1, 0.15) is 24.7 Å². The van der Waals surface area contributed by atoms with Crippen LogP contribution in [-0.4, -0.2) is 6.29 Å². The molecule has 3 rings (SSSR count). The largest absolute Gasteiger partial charge is 0.488 e. The zero-order valence-electron chi connectivity index (χ0n) is 13.5. The third kappa shape index (κ3) is 4.61. The molecule has 0 spiro atoms. The number of carbonyl (C=O) groups is 1. The summed E-state index contributed by atoms with van der Waals surface area (Å²) in [6, 6.07) is 22.8. The Kier molecular flexibility index (Phi) is 5.70. The van der Waals surface area contributed by atoms with E-state index in [1.807, 2.05) is 60.7 Å². The Hall–Kier alpha value is -2.78. The number of hydrogen-bond acceptors (Lipinski definition) is 3. The molecule has 3 nitrogen and oxygen atoms in total. The number of hydrogen-bond donors (Lipinski definition) is 0. The lowest BCUT2D eigenvalue weighted by Gasteiger charge is -2.13. The molecule has 0 aliphatic rings. The van der Waals surface area contributed by atoms with Gasteiger partial charge in [-0.2, -0.15) is 0 Å². The van der Waals surface area contributed by atoms with Crippen molar-refractivity contribution in [3.63, 3.8) is 0 Å². The standard InChI is InChI=1S/C21H17ClO3/c22-19-11-18(13-23)20(24-14-16-7-3-1-4-8-16)12-21(19)25-15-17-9-5-2-6-10-17/h1-13H,14-15H2. The molecule has 0 fully saturated rings. The number of halogens is 1. The number of benzene rings is 3. The highest BCUT2D eigenvalue weighted by molar-refractivity contribution is 6.32. The molecule has 4 heteroatoms. The average molecular weight is 353 g/mol. The lowest BCUT2D eigenvalue weighted by molar-refractivity contribution is 0.111. The molecule has 0 unspecified atom stereocenters. The number of aldehydes is 1. The molecule has 0 bridgehead atoms. The van der Waals surface area contributed by atoms with E-state index in [4.69, 9.17) is 21.1 Å². The van der Waals surface area contributed by atoms with Gasteiger partial charge in [0.2, 0.25) is 0 Å². The van der Waals surface area contributed by atoms with Crippen LogP contribution in [0.4, 0.5) is 0 Å². The third-order valence-electron chi connectivity index (χ3n) is 3.67. The molecule has 0 aliphatic carbocycles. The van der Waals surface area contributed by atoms with E-state index in [9.17, 15) is 4.79 Å². The molecule has 3 aromatic carbocycles. The smallest absolute Gasteiger partial charge is 0.153 e. The Morgan fingerprint density at radius 2 is 1.28 bits per heavy atom. The van der Waals surface area contributed by atoms with Crippen molar-refractivity contribution in [2.24, 2.45) is 0 Å². The van der Waals surface area contributed by atoms with Crippen LogP contribution in [0.15, 0.2) is 72.8 Å². The Balaban J connectivity index is 1.76. The van der Waals surface area contributed by atoms with E-state index in [2.05, 4.69) is 0 Å². The van der Waals surface area contributed by atoms with Crippen LogP contribution in [0.25, 0.3) is 0 Å². The fourth-order valence-corrected chi connectivity index (χ4v) is 2.58. The van der Waals surface area contributed by atoms with E-state index in [1.54, 1.807) is 12.1 Å². The molecular formula is C21H17ClO3. The van der Waals surface area contributed by atoms with Crippen molar-refractivity contribution in [2.45, 2.75) is 13.2 Å². The van der Waals surface area contributed by atoms with E-state index in [-0.39, 0.29) is 0 Å². The van der Waals surface area contributed by atoms with E-state index in [1.165, 1.54) is 0 Å². The van der Waals surface area contributed by atoms with Gasteiger partial charge in [0.25, 0.3) is 0 Å². The molecule has 0 atom stereocenters. The van der Waals surface area contributed by atoms with E-state index in [0.717, 1.165) is 17.4 Å². The number of carbonyl (C=O) groups excluding carboxylic acids is 1. The normalized spacial score (nSPS) is 10.3. The van der Waals surface area contributed by atoms with Crippen molar-refractivity contribution in [1.82, 2.24) is 0 Å². The summed E-state index contributed by atoms with van der Waals surface area (Å²) in [5, 5.41) is 0.380. The van der Waals surface area contributed by atoms with Crippen LogP contribution in [-0.2, 0) is 13.2 Å². The number of ether oxygens (including phenoxy) is 2. The van der Waals surface area contributed by atoms with Gasteiger partial charge in [-0.1, -0.05) is 72.3 Å². The van der Waals surface area contributed by atoms with Gasteiger partial charge < -0.3 is 9.47 Å². The quantitative estimate of drug-likeness (QED) is 0.540. The van der Waals surface area contributed by atoms with E-state index < -0.39 is 0 Å². The predicted molar refractivity (Wildman–Crippen MR) is 98.4 cm³/mol. The zero-order valence-corrected chi connectivity index (χ0v) is 14.3. The Morgan fingerprint density at radius 1 is 0.760 bits per heavy atom. The first-order valence-electron chi connectivity index (χ1n) is 7.88. The fraction of sp³-hybridized carbons (Fsp3) is 0.0952. The molecule has 0 saturated carbocycles. The second kappa shape index (κ2) is 8.36. The van der Waals surface area contributed by atoms with Crippen molar-refractivity contribution < 1.29 is 14.3 Å². The van der Waals surface area contributed by atoms with Gasteiger partial charge in [-0.3, -0.25) is 4.79 Å². The van der Waals surface area contributed by atoms with Gasteiger partial charge in [0, 0.05) is 6.07 Å². The molecular weight excluding hydrogens is 336 g/mol. The first-order chi connectivity index (χ1) is 12.3. The van der Waals surface area contributed by atoms with E-state index >= 15 is 0 Å². The van der Waals surface area contributed by atoms with Crippen LogP contribution in [0.2, 0.25) is 5.02 Å². The Bertz CT molecular complexity index is 833. The summed E-state index contributed by atoms with van der Waals surface area (Å²) in [5.41, 5.74) is 2.44. The molecule has 0 heterocycles. The van der Waals surface area contributed by atoms with Crippen LogP contribution < -0.4 is 9.47 Å². The second-order valence-corrected chi connectivity index (χ2v) is 5.89. The minimum absolute atomic E-state index is 0.363. The maximum atomic E-state index is 11.3.